The van der Waals surface area contributed by atoms with Crippen LogP contribution in [-0.4, -0.2) is 193 Å². The number of ether oxygens (including phenoxy) is 6. The van der Waals surface area contributed by atoms with Gasteiger partial charge in [-0.1, -0.05) is 147 Å². The van der Waals surface area contributed by atoms with E-state index in [0.717, 1.165) is 44.9 Å². The van der Waals surface area contributed by atoms with Gasteiger partial charge in [0.1, 0.15) is 73.2 Å². The third-order valence-electron chi connectivity index (χ3n) is 13.7. The summed E-state index contributed by atoms with van der Waals surface area (Å²) in [6.45, 7) is 1.64. The van der Waals surface area contributed by atoms with Crippen molar-refractivity contribution in [3.8, 4) is 0 Å². The van der Waals surface area contributed by atoms with E-state index >= 15 is 0 Å². The number of unbranched alkanes of at least 4 members (excludes halogenated alkanes) is 18. The summed E-state index contributed by atoms with van der Waals surface area (Å²) in [5.41, 5.74) is 0. The highest BCUT2D eigenvalue weighted by molar-refractivity contribution is 5.76. The van der Waals surface area contributed by atoms with E-state index in [9.17, 15) is 61.0 Å². The van der Waals surface area contributed by atoms with Crippen molar-refractivity contribution in [3.63, 3.8) is 0 Å². The maximum Gasteiger partial charge on any atom is 0.220 e. The molecule has 1 amide bonds. The highest BCUT2D eigenvalue weighted by Crippen LogP contribution is 2.33. The summed E-state index contributed by atoms with van der Waals surface area (Å²) in [5.74, 6) is -0.292. The molecule has 0 bridgehead atoms. The molecule has 0 radical (unpaired) electrons. The quantitative estimate of drug-likeness (QED) is 0.0313. The lowest BCUT2D eigenvalue weighted by Crippen LogP contribution is -2.66. The number of carbonyl (C=O) groups is 1. The van der Waals surface area contributed by atoms with Gasteiger partial charge in [-0.2, -0.15) is 0 Å². The number of aliphatic hydroxyl groups excluding tert-OH is 11. The molecule has 0 aliphatic carbocycles. The first-order chi connectivity index (χ1) is 34.8. The molecule has 0 aromatic carbocycles. The van der Waals surface area contributed by atoms with E-state index in [2.05, 4.69) is 43.5 Å². The summed E-state index contributed by atoms with van der Waals surface area (Å²) in [5, 5.41) is 120. The van der Waals surface area contributed by atoms with Crippen molar-refractivity contribution in [2.24, 2.45) is 0 Å². The average molecular weight is 1030 g/mol. The van der Waals surface area contributed by atoms with E-state index in [1.54, 1.807) is 6.08 Å². The van der Waals surface area contributed by atoms with Crippen molar-refractivity contribution < 1.29 is 89.4 Å². The minimum Gasteiger partial charge on any atom is -0.394 e. The fraction of sp³-hybridized carbons (Fsp3) is 0.868. The first kappa shape index (κ1) is 64.3. The number of rotatable bonds is 38. The Morgan fingerprint density at radius 3 is 1.39 bits per heavy atom. The summed E-state index contributed by atoms with van der Waals surface area (Å²) < 4.78 is 34.1. The third kappa shape index (κ3) is 22.7. The highest BCUT2D eigenvalue weighted by atomic mass is 16.8. The molecule has 17 atom stereocenters. The second kappa shape index (κ2) is 37.7. The van der Waals surface area contributed by atoms with Gasteiger partial charge in [0.15, 0.2) is 18.9 Å². The van der Waals surface area contributed by atoms with Crippen LogP contribution in [-0.2, 0) is 33.2 Å². The first-order valence-corrected chi connectivity index (χ1v) is 27.2. The van der Waals surface area contributed by atoms with Crippen LogP contribution in [0.1, 0.15) is 162 Å². The molecule has 0 aromatic heterocycles. The number of aliphatic hydroxyl groups is 11. The lowest BCUT2D eigenvalue weighted by Gasteiger charge is -2.48. The zero-order valence-corrected chi connectivity index (χ0v) is 43.1. The molecule has 72 heavy (non-hydrogen) atoms. The number of hydrogen-bond donors (Lipinski definition) is 12. The lowest BCUT2D eigenvalue weighted by atomic mass is 9.96. The standard InChI is InChI=1S/C53H95NO18/c1-3-5-7-9-11-13-15-17-19-20-22-24-26-28-30-37(58)36(54-41(59)31-29-27-25-23-21-18-16-14-12-10-8-6-4-2)35-67-51-47(65)44(62)49(39(33-56)69-51)72-53-48(66)45(63)50(40(34-57)70-53)71-52-46(64)43(61)42(60)38(32-55)68-52/h13,15,20,22,28,30,36-40,42-53,55-58,60-66H,3-12,14,16-19,21,23-27,29,31-35H2,1-2H3,(H,54,59)/b15-13+,22-20+,30-28+. The van der Waals surface area contributed by atoms with Gasteiger partial charge in [-0.3, -0.25) is 4.79 Å². The molecule has 3 aliphatic heterocycles. The van der Waals surface area contributed by atoms with Gasteiger partial charge in [0.05, 0.1) is 38.6 Å². The number of allylic oxidation sites excluding steroid dienone is 5. The number of nitrogens with one attached hydrogen (secondary N) is 1. The Hall–Kier alpha value is -1.99. The molecule has 0 saturated carbocycles. The van der Waals surface area contributed by atoms with E-state index in [4.69, 9.17) is 28.4 Å². The van der Waals surface area contributed by atoms with E-state index < -0.39 is 124 Å². The molecule has 420 valence electrons. The largest absolute Gasteiger partial charge is 0.394 e. The smallest absolute Gasteiger partial charge is 0.220 e. The molecule has 19 heteroatoms. The van der Waals surface area contributed by atoms with Crippen LogP contribution in [0.25, 0.3) is 0 Å². The van der Waals surface area contributed by atoms with Gasteiger partial charge in [-0.25, -0.2) is 0 Å². The van der Waals surface area contributed by atoms with Gasteiger partial charge in [0.2, 0.25) is 5.91 Å². The Morgan fingerprint density at radius 1 is 0.486 bits per heavy atom. The second-order valence-corrected chi connectivity index (χ2v) is 19.7. The Bertz CT molecular complexity index is 1470. The van der Waals surface area contributed by atoms with Crippen LogP contribution >= 0.6 is 0 Å². The summed E-state index contributed by atoms with van der Waals surface area (Å²) >= 11 is 0. The van der Waals surface area contributed by atoms with Crippen LogP contribution in [0.2, 0.25) is 0 Å². The normalized spacial score (nSPS) is 32.3. The van der Waals surface area contributed by atoms with Gasteiger partial charge in [-0.15, -0.1) is 0 Å². The molecule has 0 spiro atoms. The fourth-order valence-electron chi connectivity index (χ4n) is 9.10. The Morgan fingerprint density at radius 2 is 0.889 bits per heavy atom. The van der Waals surface area contributed by atoms with Crippen LogP contribution in [0.4, 0.5) is 0 Å². The van der Waals surface area contributed by atoms with Crippen molar-refractivity contribution in [3.05, 3.63) is 36.5 Å². The number of hydrogen-bond acceptors (Lipinski definition) is 18. The van der Waals surface area contributed by atoms with Crippen LogP contribution in [0.15, 0.2) is 36.5 Å². The van der Waals surface area contributed by atoms with Gasteiger partial charge < -0.3 is 89.9 Å². The van der Waals surface area contributed by atoms with Gasteiger partial charge in [0.25, 0.3) is 0 Å². The topological polar surface area (TPSA) is 307 Å². The Labute approximate surface area is 428 Å². The minimum atomic E-state index is -1.98. The summed E-state index contributed by atoms with van der Waals surface area (Å²) in [7, 11) is 0. The summed E-state index contributed by atoms with van der Waals surface area (Å²) in [6.07, 6.45) is 9.98. The van der Waals surface area contributed by atoms with Crippen molar-refractivity contribution in [1.29, 1.82) is 0 Å². The molecule has 12 N–H and O–H groups in total. The molecular weight excluding hydrogens is 939 g/mol. The predicted molar refractivity (Wildman–Crippen MR) is 268 cm³/mol. The van der Waals surface area contributed by atoms with Crippen molar-refractivity contribution in [1.82, 2.24) is 5.32 Å². The molecule has 3 heterocycles. The number of amides is 1. The lowest BCUT2D eigenvalue weighted by molar-refractivity contribution is -0.379. The van der Waals surface area contributed by atoms with Gasteiger partial charge in [0, 0.05) is 6.42 Å². The van der Waals surface area contributed by atoms with Crippen molar-refractivity contribution in [2.45, 2.75) is 266 Å². The SMILES string of the molecule is CCCCCC/C=C/CC/C=C/CC/C=C/C(O)C(COC1OC(CO)C(OC2OC(CO)C(OC3OC(CO)C(O)C(O)C3O)C(O)C2O)C(O)C1O)NC(=O)CCCCCCCCCCCCCCC. The molecule has 3 aliphatic rings. The summed E-state index contributed by atoms with van der Waals surface area (Å²) in [4.78, 5) is 13.2. The van der Waals surface area contributed by atoms with Crippen LogP contribution in [0.3, 0.4) is 0 Å². The maximum atomic E-state index is 13.2. The molecular formula is C53H95NO18. The van der Waals surface area contributed by atoms with Gasteiger partial charge >= 0.3 is 0 Å². The minimum absolute atomic E-state index is 0.234. The zero-order chi connectivity index (χ0) is 52.7. The Balaban J connectivity index is 1.57. The third-order valence-corrected chi connectivity index (χ3v) is 13.7. The predicted octanol–water partition coefficient (Wildman–Crippen LogP) is 2.98. The van der Waals surface area contributed by atoms with Gasteiger partial charge in [-0.05, 0) is 44.9 Å². The highest BCUT2D eigenvalue weighted by Gasteiger charge is 2.53. The average Bonchev–Trinajstić information content (AvgIpc) is 3.37. The zero-order valence-electron chi connectivity index (χ0n) is 43.1. The molecule has 0 aromatic rings. The van der Waals surface area contributed by atoms with Crippen LogP contribution in [0, 0.1) is 0 Å². The summed E-state index contributed by atoms with van der Waals surface area (Å²) in [6, 6.07) is -0.990. The molecule has 3 saturated heterocycles. The van der Waals surface area contributed by atoms with Crippen molar-refractivity contribution in [2.75, 3.05) is 26.4 Å². The molecule has 19 nitrogen and oxygen atoms in total. The monoisotopic (exact) mass is 1030 g/mol. The van der Waals surface area contributed by atoms with Crippen molar-refractivity contribution >= 4 is 5.91 Å². The number of carbonyl (C=O) groups excluding carboxylic acids is 1. The van der Waals surface area contributed by atoms with E-state index in [1.807, 2.05) is 6.08 Å². The van der Waals surface area contributed by atoms with E-state index in [-0.39, 0.29) is 18.9 Å². The fourth-order valence-corrected chi connectivity index (χ4v) is 9.10. The van der Waals surface area contributed by atoms with E-state index in [0.29, 0.717) is 12.8 Å². The van der Waals surface area contributed by atoms with E-state index in [1.165, 1.54) is 83.5 Å². The molecule has 17 unspecified atom stereocenters. The maximum absolute atomic E-state index is 13.2. The second-order valence-electron chi connectivity index (χ2n) is 19.7. The van der Waals surface area contributed by atoms with Crippen LogP contribution < -0.4 is 5.32 Å². The first-order valence-electron chi connectivity index (χ1n) is 27.2. The van der Waals surface area contributed by atoms with Crippen LogP contribution in [0.5, 0.6) is 0 Å². The Kier molecular flexibility index (Phi) is 33.7. The molecule has 3 rings (SSSR count). The molecule has 3 fully saturated rings.